The van der Waals surface area contributed by atoms with Crippen molar-refractivity contribution in [3.05, 3.63) is 87.0 Å². The molecule has 0 fully saturated rings. The van der Waals surface area contributed by atoms with Crippen LogP contribution >= 0.6 is 15.9 Å². The lowest BCUT2D eigenvalue weighted by molar-refractivity contribution is -0.129. The van der Waals surface area contributed by atoms with Crippen molar-refractivity contribution in [1.29, 1.82) is 0 Å². The molecule has 0 N–H and O–H groups in total. The van der Waals surface area contributed by atoms with Gasteiger partial charge in [-0.15, -0.1) is 0 Å². The minimum Gasteiger partial charge on any atom is -0.493 e. The Morgan fingerprint density at radius 2 is 1.58 bits per heavy atom. The van der Waals surface area contributed by atoms with Crippen molar-refractivity contribution in [1.82, 2.24) is 0 Å². The van der Waals surface area contributed by atoms with Crippen LogP contribution < -0.4 is 18.9 Å². The first kappa shape index (κ1) is 25.0. The Hall–Kier alpha value is -4.11. The van der Waals surface area contributed by atoms with Crippen LogP contribution in [0.15, 0.2) is 69.8 Å². The Bertz CT molecular complexity index is 1370. The van der Waals surface area contributed by atoms with Crippen LogP contribution in [-0.2, 0) is 9.53 Å². The largest absolute Gasteiger partial charge is 0.493 e. The molecule has 36 heavy (non-hydrogen) atoms. The molecular formula is C27H22BrNO7. The normalized spacial score (nSPS) is 13.8. The third kappa shape index (κ3) is 5.26. The SMILES string of the molecule is COc1cc(C(=O)Oc2ccc(Br)cc2/C=C2/N=C(c3ccc(C)cc3)OC2=O)cc(OC)c1OC. The van der Waals surface area contributed by atoms with E-state index in [1.807, 2.05) is 31.2 Å². The second-order valence-electron chi connectivity index (χ2n) is 7.69. The number of halogens is 1. The molecule has 0 aromatic heterocycles. The number of ether oxygens (including phenoxy) is 5. The average molecular weight is 552 g/mol. The summed E-state index contributed by atoms with van der Waals surface area (Å²) >= 11 is 3.41. The Morgan fingerprint density at radius 1 is 0.917 bits per heavy atom. The fraction of sp³-hybridized carbons (Fsp3) is 0.148. The maximum absolute atomic E-state index is 13.0. The number of nitrogens with zero attached hydrogens (tertiary/aromatic N) is 1. The minimum atomic E-state index is -0.658. The zero-order valence-electron chi connectivity index (χ0n) is 20.0. The van der Waals surface area contributed by atoms with Gasteiger partial charge in [-0.05, 0) is 55.5 Å². The number of hydrogen-bond donors (Lipinski definition) is 0. The van der Waals surface area contributed by atoms with E-state index in [4.69, 9.17) is 23.7 Å². The summed E-state index contributed by atoms with van der Waals surface area (Å²) in [5.41, 5.74) is 2.47. The number of rotatable bonds is 7. The molecule has 1 heterocycles. The summed E-state index contributed by atoms with van der Waals surface area (Å²) in [6.07, 6.45) is 1.51. The monoisotopic (exact) mass is 551 g/mol. The van der Waals surface area contributed by atoms with Gasteiger partial charge < -0.3 is 23.7 Å². The van der Waals surface area contributed by atoms with Crippen LogP contribution in [0.3, 0.4) is 0 Å². The molecule has 0 atom stereocenters. The van der Waals surface area contributed by atoms with Crippen LogP contribution in [0.2, 0.25) is 0 Å². The topological polar surface area (TPSA) is 92.7 Å². The van der Waals surface area contributed by atoms with Gasteiger partial charge in [0, 0.05) is 15.6 Å². The summed E-state index contributed by atoms with van der Waals surface area (Å²) in [4.78, 5) is 29.9. The fourth-order valence-corrected chi connectivity index (χ4v) is 3.84. The third-order valence-electron chi connectivity index (χ3n) is 5.29. The molecule has 3 aromatic carbocycles. The van der Waals surface area contributed by atoms with Gasteiger partial charge in [-0.1, -0.05) is 33.6 Å². The lowest BCUT2D eigenvalue weighted by Crippen LogP contribution is -2.10. The van der Waals surface area contributed by atoms with Crippen LogP contribution in [0.4, 0.5) is 0 Å². The van der Waals surface area contributed by atoms with Crippen molar-refractivity contribution in [2.45, 2.75) is 6.92 Å². The predicted molar refractivity (Wildman–Crippen MR) is 137 cm³/mol. The first-order valence-corrected chi connectivity index (χ1v) is 11.5. The highest BCUT2D eigenvalue weighted by Gasteiger charge is 2.25. The van der Waals surface area contributed by atoms with E-state index in [0.717, 1.165) is 10.0 Å². The summed E-state index contributed by atoms with van der Waals surface area (Å²) < 4.78 is 27.7. The van der Waals surface area contributed by atoms with Crippen molar-refractivity contribution < 1.29 is 33.3 Å². The van der Waals surface area contributed by atoms with E-state index in [0.29, 0.717) is 28.4 Å². The number of methoxy groups -OCH3 is 3. The zero-order valence-corrected chi connectivity index (χ0v) is 21.5. The van der Waals surface area contributed by atoms with E-state index in [1.165, 1.54) is 39.5 Å². The summed E-state index contributed by atoms with van der Waals surface area (Å²) in [5, 5.41) is 0. The number of aliphatic imine (C=N–C) groups is 1. The first-order valence-electron chi connectivity index (χ1n) is 10.7. The van der Waals surface area contributed by atoms with Gasteiger partial charge in [-0.2, -0.15) is 0 Å². The predicted octanol–water partition coefficient (Wildman–Crippen LogP) is 5.35. The van der Waals surface area contributed by atoms with Gasteiger partial charge in [0.1, 0.15) is 5.75 Å². The molecule has 1 aliphatic heterocycles. The van der Waals surface area contributed by atoms with Crippen molar-refractivity contribution in [2.24, 2.45) is 4.99 Å². The van der Waals surface area contributed by atoms with E-state index >= 15 is 0 Å². The number of aryl methyl sites for hydroxylation is 1. The molecule has 0 aliphatic carbocycles. The molecule has 9 heteroatoms. The standard InChI is InChI=1S/C27H22BrNO7/c1-15-5-7-16(8-6-15)25-29-20(27(31)36-25)12-17-11-19(28)9-10-21(17)35-26(30)18-13-22(32-2)24(34-4)23(14-18)33-3/h5-14H,1-4H3/b20-12+. The van der Waals surface area contributed by atoms with Gasteiger partial charge in [0.15, 0.2) is 17.2 Å². The van der Waals surface area contributed by atoms with E-state index in [1.54, 1.807) is 18.2 Å². The molecule has 184 valence electrons. The lowest BCUT2D eigenvalue weighted by Gasteiger charge is -2.14. The van der Waals surface area contributed by atoms with Crippen molar-refractivity contribution in [3.63, 3.8) is 0 Å². The van der Waals surface area contributed by atoms with Crippen molar-refractivity contribution in [3.8, 4) is 23.0 Å². The van der Waals surface area contributed by atoms with Gasteiger partial charge in [0.05, 0.1) is 26.9 Å². The smallest absolute Gasteiger partial charge is 0.363 e. The number of carbonyl (C=O) groups excluding carboxylic acids is 2. The van der Waals surface area contributed by atoms with Crippen molar-refractivity contribution >= 4 is 39.8 Å². The molecule has 4 rings (SSSR count). The highest BCUT2D eigenvalue weighted by molar-refractivity contribution is 9.10. The van der Waals surface area contributed by atoms with E-state index < -0.39 is 11.9 Å². The Balaban J connectivity index is 1.66. The second kappa shape index (κ2) is 10.7. The molecule has 0 saturated carbocycles. The number of esters is 2. The maximum Gasteiger partial charge on any atom is 0.363 e. The van der Waals surface area contributed by atoms with Gasteiger partial charge in [-0.3, -0.25) is 0 Å². The maximum atomic E-state index is 13.0. The molecule has 0 saturated heterocycles. The highest BCUT2D eigenvalue weighted by Crippen LogP contribution is 2.38. The molecule has 3 aromatic rings. The first-order chi connectivity index (χ1) is 17.3. The van der Waals surface area contributed by atoms with E-state index in [-0.39, 0.29) is 22.9 Å². The number of cyclic esters (lactones) is 1. The van der Waals surface area contributed by atoms with E-state index in [9.17, 15) is 9.59 Å². The van der Waals surface area contributed by atoms with Crippen LogP contribution in [0.1, 0.15) is 27.0 Å². The molecule has 0 amide bonds. The fourth-order valence-electron chi connectivity index (χ4n) is 3.46. The molecule has 1 aliphatic rings. The Morgan fingerprint density at radius 3 is 2.19 bits per heavy atom. The lowest BCUT2D eigenvalue weighted by atomic mass is 10.1. The van der Waals surface area contributed by atoms with Gasteiger partial charge in [-0.25, -0.2) is 14.6 Å². The number of carbonyl (C=O) groups is 2. The molecule has 0 bridgehead atoms. The quantitative estimate of drug-likeness (QED) is 0.222. The van der Waals surface area contributed by atoms with E-state index in [2.05, 4.69) is 20.9 Å². The Labute approximate surface area is 216 Å². The molecule has 0 unspecified atom stereocenters. The van der Waals surface area contributed by atoms with Crippen LogP contribution in [0.25, 0.3) is 6.08 Å². The van der Waals surface area contributed by atoms with Crippen LogP contribution in [-0.4, -0.2) is 39.2 Å². The molecule has 0 radical (unpaired) electrons. The molecule has 8 nitrogen and oxygen atoms in total. The summed E-state index contributed by atoms with van der Waals surface area (Å²) in [5.74, 6) is 0.143. The number of benzene rings is 3. The average Bonchev–Trinajstić information content (AvgIpc) is 3.24. The summed E-state index contributed by atoms with van der Waals surface area (Å²) in [6.45, 7) is 1.96. The van der Waals surface area contributed by atoms with Crippen LogP contribution in [0, 0.1) is 6.92 Å². The third-order valence-corrected chi connectivity index (χ3v) is 5.78. The summed E-state index contributed by atoms with van der Waals surface area (Å²) in [6, 6.07) is 15.5. The van der Waals surface area contributed by atoms with Crippen molar-refractivity contribution in [2.75, 3.05) is 21.3 Å². The highest BCUT2D eigenvalue weighted by atomic mass is 79.9. The Kier molecular flexibility index (Phi) is 7.40. The second-order valence-corrected chi connectivity index (χ2v) is 8.60. The molecule has 0 spiro atoms. The van der Waals surface area contributed by atoms with Gasteiger partial charge in [0.25, 0.3) is 0 Å². The van der Waals surface area contributed by atoms with Gasteiger partial charge >= 0.3 is 11.9 Å². The van der Waals surface area contributed by atoms with Crippen LogP contribution in [0.5, 0.6) is 23.0 Å². The zero-order chi connectivity index (χ0) is 25.8. The van der Waals surface area contributed by atoms with Gasteiger partial charge in [0.2, 0.25) is 11.6 Å². The molecular weight excluding hydrogens is 530 g/mol. The summed E-state index contributed by atoms with van der Waals surface area (Å²) in [7, 11) is 4.38. The number of hydrogen-bond acceptors (Lipinski definition) is 8. The minimum absolute atomic E-state index is 0.0776.